The smallest absolute Gasteiger partial charge is 0.409 e. The number of likely N-dealkylation sites (tertiary alicyclic amines) is 1. The van der Waals surface area contributed by atoms with Crippen LogP contribution in [0.5, 0.6) is 0 Å². The van der Waals surface area contributed by atoms with E-state index in [2.05, 4.69) is 4.74 Å². The third-order valence-corrected chi connectivity index (χ3v) is 2.12. The first-order valence-electron chi connectivity index (χ1n) is 4.20. The second-order valence-electron chi connectivity index (χ2n) is 2.89. The molecular weight excluding hydrogens is 174 g/mol. The molecule has 1 heterocycles. The first-order chi connectivity index (χ1) is 6.27. The zero-order chi connectivity index (χ0) is 9.68. The van der Waals surface area contributed by atoms with E-state index >= 15 is 0 Å². The van der Waals surface area contributed by atoms with E-state index in [1.165, 1.54) is 7.11 Å². The molecule has 0 atom stereocenters. The third kappa shape index (κ3) is 2.61. The Hall–Kier alpha value is -1.26. The summed E-state index contributed by atoms with van der Waals surface area (Å²) in [6.45, 7) is 1.63. The number of rotatable bonds is 2. The van der Waals surface area contributed by atoms with E-state index in [9.17, 15) is 9.59 Å². The quantitative estimate of drug-likeness (QED) is 0.587. The Morgan fingerprint density at radius 3 is 2.54 bits per heavy atom. The van der Waals surface area contributed by atoms with Crippen molar-refractivity contribution >= 4 is 12.6 Å². The van der Waals surface area contributed by atoms with Gasteiger partial charge < -0.3 is 14.4 Å². The molecule has 74 valence electrons. The van der Waals surface area contributed by atoms with Crippen LogP contribution < -0.4 is 0 Å². The summed E-state index contributed by atoms with van der Waals surface area (Å²) in [5.74, 6) is 0. The number of carbonyl (C=O) groups is 2. The maximum absolute atomic E-state index is 11.0. The molecule has 1 aliphatic rings. The predicted octanol–water partition coefficient (Wildman–Crippen LogP) is 0.390. The summed E-state index contributed by atoms with van der Waals surface area (Å²) >= 11 is 0. The van der Waals surface area contributed by atoms with Gasteiger partial charge in [0.25, 0.3) is 6.47 Å². The van der Waals surface area contributed by atoms with Crippen LogP contribution in [0.1, 0.15) is 12.8 Å². The molecule has 1 fully saturated rings. The molecule has 0 N–H and O–H groups in total. The summed E-state index contributed by atoms with van der Waals surface area (Å²) in [4.78, 5) is 22.6. The number of methoxy groups -OCH3 is 1. The van der Waals surface area contributed by atoms with Crippen molar-refractivity contribution in [2.24, 2.45) is 0 Å². The molecule has 1 rings (SSSR count). The van der Waals surface area contributed by atoms with Crippen molar-refractivity contribution in [1.82, 2.24) is 4.90 Å². The Morgan fingerprint density at radius 2 is 2.08 bits per heavy atom. The van der Waals surface area contributed by atoms with Crippen molar-refractivity contribution in [2.45, 2.75) is 18.9 Å². The lowest BCUT2D eigenvalue weighted by atomic mass is 10.1. The highest BCUT2D eigenvalue weighted by Gasteiger charge is 2.23. The highest BCUT2D eigenvalue weighted by molar-refractivity contribution is 5.67. The fraction of sp³-hybridized carbons (Fsp3) is 0.750. The Labute approximate surface area is 76.6 Å². The molecule has 5 nitrogen and oxygen atoms in total. The molecule has 0 aromatic carbocycles. The molecule has 0 aromatic rings. The standard InChI is InChI=1S/C8H13NO4/c1-12-8(11)9-4-2-7(3-5-9)13-6-10/h6-7H,2-5H2,1H3. The lowest BCUT2D eigenvalue weighted by molar-refractivity contribution is -0.135. The molecule has 5 heteroatoms. The van der Waals surface area contributed by atoms with Gasteiger partial charge in [-0.3, -0.25) is 4.79 Å². The Balaban J connectivity index is 2.30. The number of amides is 1. The van der Waals surface area contributed by atoms with Crippen LogP contribution in [0.2, 0.25) is 0 Å². The van der Waals surface area contributed by atoms with Gasteiger partial charge in [0.15, 0.2) is 0 Å². The molecular formula is C8H13NO4. The number of ether oxygens (including phenoxy) is 2. The van der Waals surface area contributed by atoms with Crippen LogP contribution in [0.15, 0.2) is 0 Å². The largest absolute Gasteiger partial charge is 0.464 e. The monoisotopic (exact) mass is 187 g/mol. The summed E-state index contributed by atoms with van der Waals surface area (Å²) in [7, 11) is 1.36. The van der Waals surface area contributed by atoms with Gasteiger partial charge in [-0.1, -0.05) is 0 Å². The third-order valence-electron chi connectivity index (χ3n) is 2.12. The van der Waals surface area contributed by atoms with Crippen LogP contribution >= 0.6 is 0 Å². The summed E-state index contributed by atoms with van der Waals surface area (Å²) in [5, 5.41) is 0. The average Bonchev–Trinajstić information content (AvgIpc) is 2.18. The van der Waals surface area contributed by atoms with Crippen molar-refractivity contribution in [3.05, 3.63) is 0 Å². The van der Waals surface area contributed by atoms with Gasteiger partial charge in [0.1, 0.15) is 6.10 Å². The maximum Gasteiger partial charge on any atom is 0.409 e. The van der Waals surface area contributed by atoms with E-state index < -0.39 is 0 Å². The lowest BCUT2D eigenvalue weighted by Gasteiger charge is -2.29. The van der Waals surface area contributed by atoms with E-state index in [1.54, 1.807) is 4.90 Å². The van der Waals surface area contributed by atoms with E-state index in [1.807, 2.05) is 0 Å². The molecule has 0 unspecified atom stereocenters. The molecule has 1 aliphatic heterocycles. The van der Waals surface area contributed by atoms with Crippen LogP contribution in [0.4, 0.5) is 4.79 Å². The number of nitrogens with zero attached hydrogens (tertiary/aromatic N) is 1. The summed E-state index contributed by atoms with van der Waals surface area (Å²) in [5.41, 5.74) is 0. The lowest BCUT2D eigenvalue weighted by Crippen LogP contribution is -2.40. The highest BCUT2D eigenvalue weighted by atomic mass is 16.5. The molecule has 0 aromatic heterocycles. The van der Waals surface area contributed by atoms with Gasteiger partial charge in [-0.2, -0.15) is 0 Å². The van der Waals surface area contributed by atoms with Crippen molar-refractivity contribution in [1.29, 1.82) is 0 Å². The van der Waals surface area contributed by atoms with Gasteiger partial charge in [-0.05, 0) is 0 Å². The van der Waals surface area contributed by atoms with E-state index in [-0.39, 0.29) is 12.2 Å². The highest BCUT2D eigenvalue weighted by Crippen LogP contribution is 2.13. The van der Waals surface area contributed by atoms with Gasteiger partial charge in [-0.25, -0.2) is 4.79 Å². The molecule has 0 spiro atoms. The van der Waals surface area contributed by atoms with Crippen LogP contribution in [0, 0.1) is 0 Å². The summed E-state index contributed by atoms with van der Waals surface area (Å²) in [6, 6.07) is 0. The maximum atomic E-state index is 11.0. The topological polar surface area (TPSA) is 55.8 Å². The van der Waals surface area contributed by atoms with E-state index in [0.717, 1.165) is 0 Å². The van der Waals surface area contributed by atoms with Crippen molar-refractivity contribution in [2.75, 3.05) is 20.2 Å². The SMILES string of the molecule is COC(=O)N1CCC(OC=O)CC1. The first kappa shape index (κ1) is 9.83. The number of hydrogen-bond donors (Lipinski definition) is 0. The second-order valence-corrected chi connectivity index (χ2v) is 2.89. The molecule has 1 amide bonds. The fourth-order valence-corrected chi connectivity index (χ4v) is 1.38. The normalized spacial score (nSPS) is 18.1. The van der Waals surface area contributed by atoms with Crippen molar-refractivity contribution < 1.29 is 19.1 Å². The number of carbonyl (C=O) groups excluding carboxylic acids is 2. The summed E-state index contributed by atoms with van der Waals surface area (Å²) in [6.07, 6.45) is 1.02. The van der Waals surface area contributed by atoms with Crippen LogP contribution in [0.3, 0.4) is 0 Å². The zero-order valence-electron chi connectivity index (χ0n) is 7.56. The molecule has 13 heavy (non-hydrogen) atoms. The minimum Gasteiger partial charge on any atom is -0.464 e. The van der Waals surface area contributed by atoms with Gasteiger partial charge in [0, 0.05) is 25.9 Å². The number of hydrogen-bond acceptors (Lipinski definition) is 4. The Morgan fingerprint density at radius 1 is 1.46 bits per heavy atom. The number of piperidine rings is 1. The second kappa shape index (κ2) is 4.69. The summed E-state index contributed by atoms with van der Waals surface area (Å²) < 4.78 is 9.35. The van der Waals surface area contributed by atoms with E-state index in [4.69, 9.17) is 4.74 Å². The van der Waals surface area contributed by atoms with Gasteiger partial charge in [-0.15, -0.1) is 0 Å². The van der Waals surface area contributed by atoms with Crippen LogP contribution in [-0.4, -0.2) is 43.8 Å². The molecule has 0 saturated carbocycles. The van der Waals surface area contributed by atoms with Crippen LogP contribution in [0.25, 0.3) is 0 Å². The van der Waals surface area contributed by atoms with Crippen LogP contribution in [-0.2, 0) is 14.3 Å². The average molecular weight is 187 g/mol. The van der Waals surface area contributed by atoms with Gasteiger partial charge in [0.05, 0.1) is 7.11 Å². The molecule has 0 radical (unpaired) electrons. The molecule has 0 bridgehead atoms. The van der Waals surface area contributed by atoms with E-state index in [0.29, 0.717) is 32.4 Å². The fourth-order valence-electron chi connectivity index (χ4n) is 1.38. The zero-order valence-corrected chi connectivity index (χ0v) is 7.56. The minimum absolute atomic E-state index is 0.0431. The Kier molecular flexibility index (Phi) is 3.54. The van der Waals surface area contributed by atoms with Gasteiger partial charge in [0.2, 0.25) is 0 Å². The van der Waals surface area contributed by atoms with Crippen molar-refractivity contribution in [3.8, 4) is 0 Å². The van der Waals surface area contributed by atoms with Gasteiger partial charge >= 0.3 is 6.09 Å². The molecule has 0 aliphatic carbocycles. The minimum atomic E-state index is -0.315. The first-order valence-corrected chi connectivity index (χ1v) is 4.20. The predicted molar refractivity (Wildman–Crippen MR) is 44.1 cm³/mol. The Bertz CT molecular complexity index is 187. The molecule has 1 saturated heterocycles. The van der Waals surface area contributed by atoms with Crippen molar-refractivity contribution in [3.63, 3.8) is 0 Å².